The Bertz CT molecular complexity index is 353. The quantitative estimate of drug-likeness (QED) is 0.284. The number of carbonyl (C=O) groups is 1. The third-order valence-corrected chi connectivity index (χ3v) is 8.86. The molecule has 0 heterocycles. The van der Waals surface area contributed by atoms with E-state index < -0.39 is 13.9 Å². The Morgan fingerprint density at radius 2 is 1.38 bits per heavy atom. The highest BCUT2D eigenvalue weighted by Crippen LogP contribution is 2.36. The third kappa shape index (κ3) is 12.0. The van der Waals surface area contributed by atoms with Gasteiger partial charge in [0.25, 0.3) is 0 Å². The maximum Gasteiger partial charge on any atom is 0.308 e. The molecule has 0 N–H and O–H groups in total. The molecule has 0 rings (SSSR count). The molecule has 4 nitrogen and oxygen atoms in total. The zero-order valence-corrected chi connectivity index (χ0v) is 18.3. The molecule has 0 amide bonds. The predicted octanol–water partition coefficient (Wildman–Crippen LogP) is 5.32. The van der Waals surface area contributed by atoms with Gasteiger partial charge in [-0.15, -0.1) is 0 Å². The van der Waals surface area contributed by atoms with Gasteiger partial charge in [0.05, 0.1) is 13.0 Å². The van der Waals surface area contributed by atoms with Crippen LogP contribution in [0.1, 0.15) is 73.6 Å². The van der Waals surface area contributed by atoms with Crippen molar-refractivity contribution in [2.45, 2.75) is 97.4 Å². The highest BCUT2D eigenvalue weighted by Gasteiger charge is 2.36. The average molecular weight is 361 g/mol. The van der Waals surface area contributed by atoms with Crippen LogP contribution in [0.2, 0.25) is 18.1 Å². The summed E-state index contributed by atoms with van der Waals surface area (Å²) in [5.41, 5.74) is -0.413. The van der Waals surface area contributed by atoms with Crippen molar-refractivity contribution < 1.29 is 18.7 Å². The van der Waals surface area contributed by atoms with E-state index >= 15 is 0 Å². The second kappa shape index (κ2) is 10.6. The fraction of sp³-hybridized carbons (Fsp3) is 0.947. The molecule has 0 aromatic rings. The van der Waals surface area contributed by atoms with E-state index in [9.17, 15) is 4.79 Å². The van der Waals surface area contributed by atoms with Gasteiger partial charge >= 0.3 is 5.97 Å². The Morgan fingerprint density at radius 1 is 0.833 bits per heavy atom. The van der Waals surface area contributed by atoms with Crippen LogP contribution in [-0.2, 0) is 18.7 Å². The van der Waals surface area contributed by atoms with Crippen LogP contribution in [0.3, 0.4) is 0 Å². The lowest BCUT2D eigenvalue weighted by Crippen LogP contribution is -2.40. The minimum atomic E-state index is -1.59. The summed E-state index contributed by atoms with van der Waals surface area (Å²) in [6, 6.07) is 0. The number of carbonyl (C=O) groups excluding carboxylic acids is 1. The zero-order valence-electron chi connectivity index (χ0n) is 17.3. The fourth-order valence-electron chi connectivity index (χ4n) is 1.85. The molecule has 5 heteroatoms. The minimum Gasteiger partial charge on any atom is -0.460 e. The lowest BCUT2D eigenvalue weighted by Gasteiger charge is -2.36. The molecule has 0 saturated heterocycles. The van der Waals surface area contributed by atoms with E-state index in [1.165, 1.54) is 6.42 Å². The smallest absolute Gasteiger partial charge is 0.308 e. The monoisotopic (exact) mass is 360 g/mol. The van der Waals surface area contributed by atoms with Crippen LogP contribution >= 0.6 is 0 Å². The van der Waals surface area contributed by atoms with E-state index in [4.69, 9.17) is 13.9 Å². The Labute approximate surface area is 150 Å². The average Bonchev–Trinajstić information content (AvgIpc) is 2.37. The summed E-state index contributed by atoms with van der Waals surface area (Å²) in [6.07, 6.45) is 4.80. The highest BCUT2D eigenvalue weighted by atomic mass is 28.4. The van der Waals surface area contributed by atoms with Crippen molar-refractivity contribution in [2.24, 2.45) is 0 Å². The number of rotatable bonds is 11. The summed E-state index contributed by atoms with van der Waals surface area (Å²) >= 11 is 0. The van der Waals surface area contributed by atoms with Crippen LogP contribution in [0.25, 0.3) is 0 Å². The molecule has 0 aliphatic heterocycles. The SMILES string of the molecule is CC(C)(C)OC(=O)CCOCCCCCCO[Si](C)(C)C(C)(C)C. The molecule has 0 aromatic carbocycles. The molecule has 0 bridgehead atoms. The van der Waals surface area contributed by atoms with Crippen LogP contribution in [0.15, 0.2) is 0 Å². The van der Waals surface area contributed by atoms with Crippen molar-refractivity contribution in [1.29, 1.82) is 0 Å². The van der Waals surface area contributed by atoms with Gasteiger partial charge in [0, 0.05) is 13.2 Å². The second-order valence-electron chi connectivity index (χ2n) is 8.97. The molecule has 0 spiro atoms. The van der Waals surface area contributed by atoms with E-state index in [-0.39, 0.29) is 11.0 Å². The maximum absolute atomic E-state index is 11.5. The molecular formula is C19H40O4Si. The van der Waals surface area contributed by atoms with Crippen LogP contribution in [-0.4, -0.2) is 39.7 Å². The van der Waals surface area contributed by atoms with Crippen LogP contribution < -0.4 is 0 Å². The number of hydrogen-bond acceptors (Lipinski definition) is 4. The van der Waals surface area contributed by atoms with Gasteiger partial charge in [-0.3, -0.25) is 4.79 Å². The standard InChI is InChI=1S/C19H40O4Si/c1-18(2,3)23-17(20)13-16-21-14-11-9-10-12-15-22-24(7,8)19(4,5)6/h9-16H2,1-8H3. The van der Waals surface area contributed by atoms with Crippen LogP contribution in [0.5, 0.6) is 0 Å². The molecule has 0 aromatic heterocycles. The molecule has 0 fully saturated rings. The fourth-order valence-corrected chi connectivity index (χ4v) is 2.94. The summed E-state index contributed by atoms with van der Waals surface area (Å²) in [5.74, 6) is -0.190. The summed E-state index contributed by atoms with van der Waals surface area (Å²) < 4.78 is 16.9. The van der Waals surface area contributed by atoms with Gasteiger partial charge < -0.3 is 13.9 Å². The maximum atomic E-state index is 11.5. The van der Waals surface area contributed by atoms with E-state index in [0.29, 0.717) is 19.6 Å². The van der Waals surface area contributed by atoms with E-state index in [1.54, 1.807) is 0 Å². The number of unbranched alkanes of at least 4 members (excludes halogenated alkanes) is 3. The van der Waals surface area contributed by atoms with E-state index in [1.807, 2.05) is 20.8 Å². The first-order valence-corrected chi connectivity index (χ1v) is 12.2. The van der Waals surface area contributed by atoms with Gasteiger partial charge in [0.1, 0.15) is 5.60 Å². The summed E-state index contributed by atoms with van der Waals surface area (Å²) in [6.45, 7) is 19.1. The normalized spacial score (nSPS) is 13.2. The Balaban J connectivity index is 3.48. The molecule has 0 aliphatic carbocycles. The van der Waals surface area contributed by atoms with Crippen LogP contribution in [0, 0.1) is 0 Å². The number of ether oxygens (including phenoxy) is 2. The van der Waals surface area contributed by atoms with Crippen molar-refractivity contribution in [3.8, 4) is 0 Å². The molecule has 24 heavy (non-hydrogen) atoms. The first-order valence-electron chi connectivity index (χ1n) is 9.29. The van der Waals surface area contributed by atoms with E-state index in [2.05, 4.69) is 33.9 Å². The summed E-state index contributed by atoms with van der Waals surface area (Å²) in [5, 5.41) is 0.287. The number of esters is 1. The molecule has 0 aliphatic rings. The highest BCUT2D eigenvalue weighted by molar-refractivity contribution is 6.74. The van der Waals surface area contributed by atoms with Crippen molar-refractivity contribution in [1.82, 2.24) is 0 Å². The molecule has 0 radical (unpaired) electrons. The molecular weight excluding hydrogens is 320 g/mol. The Hall–Kier alpha value is -0.393. The lowest BCUT2D eigenvalue weighted by atomic mass is 10.2. The molecule has 0 saturated carbocycles. The van der Waals surface area contributed by atoms with Crippen molar-refractivity contribution in [2.75, 3.05) is 19.8 Å². The van der Waals surface area contributed by atoms with Gasteiger partial charge in [-0.1, -0.05) is 33.6 Å². The van der Waals surface area contributed by atoms with E-state index in [0.717, 1.165) is 25.9 Å². The first-order chi connectivity index (χ1) is 10.9. The Kier molecular flexibility index (Phi) is 10.4. The van der Waals surface area contributed by atoms with Gasteiger partial charge in [-0.05, 0) is 51.7 Å². The minimum absolute atomic E-state index is 0.190. The predicted molar refractivity (Wildman–Crippen MR) is 103 cm³/mol. The largest absolute Gasteiger partial charge is 0.460 e. The molecule has 0 atom stereocenters. The lowest BCUT2D eigenvalue weighted by molar-refractivity contribution is -0.156. The first kappa shape index (κ1) is 23.6. The number of hydrogen-bond donors (Lipinski definition) is 0. The van der Waals surface area contributed by atoms with Crippen LogP contribution in [0.4, 0.5) is 0 Å². The van der Waals surface area contributed by atoms with Crippen molar-refractivity contribution in [3.05, 3.63) is 0 Å². The second-order valence-corrected chi connectivity index (χ2v) is 13.8. The third-order valence-electron chi connectivity index (χ3n) is 4.32. The topological polar surface area (TPSA) is 44.8 Å². The summed E-state index contributed by atoms with van der Waals surface area (Å²) in [7, 11) is -1.59. The molecule has 0 unspecified atom stereocenters. The molecule has 144 valence electrons. The van der Waals surface area contributed by atoms with Gasteiger partial charge in [-0.25, -0.2) is 0 Å². The van der Waals surface area contributed by atoms with Gasteiger partial charge in [0.2, 0.25) is 0 Å². The Morgan fingerprint density at radius 3 is 1.88 bits per heavy atom. The van der Waals surface area contributed by atoms with Gasteiger partial charge in [0.15, 0.2) is 8.32 Å². The van der Waals surface area contributed by atoms with Crippen molar-refractivity contribution >= 4 is 14.3 Å². The summed E-state index contributed by atoms with van der Waals surface area (Å²) in [4.78, 5) is 11.5. The van der Waals surface area contributed by atoms with Gasteiger partial charge in [-0.2, -0.15) is 0 Å². The zero-order chi connectivity index (χ0) is 18.9. The van der Waals surface area contributed by atoms with Crippen molar-refractivity contribution in [3.63, 3.8) is 0 Å².